The van der Waals surface area contributed by atoms with Crippen molar-refractivity contribution in [1.82, 2.24) is 24.8 Å². The van der Waals surface area contributed by atoms with E-state index in [1.165, 1.54) is 11.1 Å². The summed E-state index contributed by atoms with van der Waals surface area (Å²) in [6, 6.07) is 4.03. The van der Waals surface area contributed by atoms with Crippen LogP contribution in [-0.4, -0.2) is 89.1 Å². The minimum Gasteiger partial charge on any atom is -0.462 e. The molecule has 0 unspecified atom stereocenters. The first kappa shape index (κ1) is 30.6. The summed E-state index contributed by atoms with van der Waals surface area (Å²) < 4.78 is 34.4. The number of anilines is 2. The number of carbonyl (C=O) groups excluding carboxylic acids is 1. The minimum absolute atomic E-state index is 0.0598. The van der Waals surface area contributed by atoms with Crippen molar-refractivity contribution in [1.29, 1.82) is 5.26 Å². The molecular weight excluding hydrogens is 554 g/mol. The number of aryl methyl sites for hydroxylation is 1. The van der Waals surface area contributed by atoms with E-state index in [9.17, 15) is 18.8 Å². The second-order valence-electron chi connectivity index (χ2n) is 11.6. The number of amides is 1. The number of likely N-dealkylation sites (tertiary alicyclic amines) is 1. The predicted molar refractivity (Wildman–Crippen MR) is 159 cm³/mol. The van der Waals surface area contributed by atoms with Crippen molar-refractivity contribution >= 4 is 17.5 Å². The van der Waals surface area contributed by atoms with E-state index in [0.29, 0.717) is 57.0 Å². The fraction of sp³-hybridized carbons (Fsp3) is 0.581. The second kappa shape index (κ2) is 13.6. The summed E-state index contributed by atoms with van der Waals surface area (Å²) >= 11 is 0. The molecule has 0 saturated carbocycles. The normalized spacial score (nSPS) is 20.9. The van der Waals surface area contributed by atoms with Crippen LogP contribution in [0.4, 0.5) is 20.4 Å². The molecule has 2 atom stereocenters. The van der Waals surface area contributed by atoms with Gasteiger partial charge in [0.25, 0.3) is 5.91 Å². The molecule has 3 aliphatic rings. The van der Waals surface area contributed by atoms with Crippen molar-refractivity contribution in [2.75, 3.05) is 56.2 Å². The van der Waals surface area contributed by atoms with E-state index in [-0.39, 0.29) is 30.8 Å². The van der Waals surface area contributed by atoms with Gasteiger partial charge in [-0.05, 0) is 57.3 Å². The maximum atomic E-state index is 14.4. The Balaban J connectivity index is 1.47. The fourth-order valence-electron chi connectivity index (χ4n) is 6.32. The zero-order valence-electron chi connectivity index (χ0n) is 25.1. The number of nitriles is 1. The average molecular weight is 595 g/mol. The van der Waals surface area contributed by atoms with Crippen molar-refractivity contribution in [3.8, 4) is 12.1 Å². The molecule has 0 spiro atoms. The molecule has 10 nitrogen and oxygen atoms in total. The number of hydrogen-bond acceptors (Lipinski definition) is 9. The summed E-state index contributed by atoms with van der Waals surface area (Å²) in [6.45, 7) is 8.83. The molecule has 0 bridgehead atoms. The van der Waals surface area contributed by atoms with E-state index in [2.05, 4.69) is 39.4 Å². The lowest BCUT2D eigenvalue weighted by molar-refractivity contribution is -0.131. The first-order valence-corrected chi connectivity index (χ1v) is 15.2. The van der Waals surface area contributed by atoms with Crippen LogP contribution in [0.2, 0.25) is 0 Å². The van der Waals surface area contributed by atoms with Gasteiger partial charge in [-0.2, -0.15) is 15.2 Å². The third-order valence-corrected chi connectivity index (χ3v) is 8.69. The van der Waals surface area contributed by atoms with Gasteiger partial charge in [-0.1, -0.05) is 19.9 Å². The number of rotatable bonds is 9. The van der Waals surface area contributed by atoms with Crippen molar-refractivity contribution in [3.63, 3.8) is 0 Å². The molecule has 0 aliphatic carbocycles. The molecule has 3 aliphatic heterocycles. The third kappa shape index (κ3) is 6.88. The number of nitrogens with zero attached hydrogens (tertiary/aromatic N) is 8. The van der Waals surface area contributed by atoms with Crippen LogP contribution in [0.5, 0.6) is 6.01 Å². The Morgan fingerprint density at radius 1 is 1.19 bits per heavy atom. The maximum absolute atomic E-state index is 14.4. The number of halogens is 2. The molecule has 0 aromatic carbocycles. The van der Waals surface area contributed by atoms with Crippen molar-refractivity contribution in [2.45, 2.75) is 70.5 Å². The van der Waals surface area contributed by atoms with Gasteiger partial charge in [0, 0.05) is 37.8 Å². The number of pyridine rings is 1. The lowest BCUT2D eigenvalue weighted by atomic mass is 10.1. The molecule has 1 amide bonds. The number of fused-ring (bicyclic) bond motifs is 1. The van der Waals surface area contributed by atoms with Crippen LogP contribution in [-0.2, 0) is 24.2 Å². The van der Waals surface area contributed by atoms with E-state index in [1.807, 2.05) is 13.0 Å². The van der Waals surface area contributed by atoms with Gasteiger partial charge in [0.2, 0.25) is 0 Å². The molecule has 0 N–H and O–H groups in total. The van der Waals surface area contributed by atoms with Gasteiger partial charge in [-0.15, -0.1) is 0 Å². The highest BCUT2D eigenvalue weighted by Gasteiger charge is 2.34. The molecule has 2 fully saturated rings. The summed E-state index contributed by atoms with van der Waals surface area (Å²) in [5, 5.41) is 9.48. The Kier molecular flexibility index (Phi) is 9.70. The molecule has 5 heterocycles. The molecular formula is C31H40F2N8O2. The van der Waals surface area contributed by atoms with E-state index in [0.717, 1.165) is 49.3 Å². The summed E-state index contributed by atoms with van der Waals surface area (Å²) in [6.07, 6.45) is 6.51. The number of hydrogen-bond donors (Lipinski definition) is 0. The predicted octanol–water partition coefficient (Wildman–Crippen LogP) is 3.80. The summed E-state index contributed by atoms with van der Waals surface area (Å²) in [5.74, 6) is -0.679. The number of aromatic nitrogens is 3. The molecule has 0 radical (unpaired) electrons. The monoisotopic (exact) mass is 594 g/mol. The summed E-state index contributed by atoms with van der Waals surface area (Å²) in [4.78, 5) is 34.6. The zero-order valence-corrected chi connectivity index (χ0v) is 25.1. The molecule has 2 saturated heterocycles. The van der Waals surface area contributed by atoms with E-state index < -0.39 is 17.8 Å². The molecule has 230 valence electrons. The Morgan fingerprint density at radius 3 is 2.74 bits per heavy atom. The molecule has 2 aromatic rings. The van der Waals surface area contributed by atoms with Crippen LogP contribution in [0.1, 0.15) is 55.8 Å². The van der Waals surface area contributed by atoms with Crippen LogP contribution < -0.4 is 14.5 Å². The van der Waals surface area contributed by atoms with Crippen LogP contribution in [0.15, 0.2) is 24.7 Å². The van der Waals surface area contributed by atoms with E-state index >= 15 is 0 Å². The standard InChI is InChI=1S/C31H40F2N8O2/c1-4-7-22-16-28(35-17-26(22)33)39-13-6-9-25-27(19-39)36-31(43-20-24-8-5-12-38(24)3)37-29(25)40-14-15-41(30(42)21(2)32)23(18-40)10-11-34/h16-17,23-24H,2,4-10,12-15,18-20H2,1,3H3/t23-,24-/m0/s1. The maximum Gasteiger partial charge on any atom is 0.318 e. The molecule has 5 rings (SSSR count). The quantitative estimate of drug-likeness (QED) is 0.401. The first-order chi connectivity index (χ1) is 20.8. The van der Waals surface area contributed by atoms with Crippen molar-refractivity contribution in [2.24, 2.45) is 0 Å². The number of piperazine rings is 1. The average Bonchev–Trinajstić information content (AvgIpc) is 3.28. The number of carbonyl (C=O) groups is 1. The van der Waals surface area contributed by atoms with Gasteiger partial charge < -0.3 is 24.3 Å². The fourth-order valence-corrected chi connectivity index (χ4v) is 6.32. The Bertz CT molecular complexity index is 1380. The Morgan fingerprint density at radius 2 is 2.02 bits per heavy atom. The number of ether oxygens (including phenoxy) is 1. The van der Waals surface area contributed by atoms with Crippen molar-refractivity contribution < 1.29 is 18.3 Å². The van der Waals surface area contributed by atoms with Crippen LogP contribution >= 0.6 is 0 Å². The third-order valence-electron chi connectivity index (χ3n) is 8.69. The Hall–Kier alpha value is -3.85. The summed E-state index contributed by atoms with van der Waals surface area (Å²) in [7, 11) is 2.09. The highest BCUT2D eigenvalue weighted by Crippen LogP contribution is 2.32. The topological polar surface area (TPSA) is 102 Å². The molecule has 12 heteroatoms. The lowest BCUT2D eigenvalue weighted by Crippen LogP contribution is -2.55. The second-order valence-corrected chi connectivity index (χ2v) is 11.6. The van der Waals surface area contributed by atoms with Crippen LogP contribution in [0, 0.1) is 17.1 Å². The number of likely N-dealkylation sites (N-methyl/N-ethyl adjacent to an activating group) is 1. The highest BCUT2D eigenvalue weighted by molar-refractivity contribution is 5.91. The van der Waals surface area contributed by atoms with Gasteiger partial charge in [-0.25, -0.2) is 13.8 Å². The van der Waals surface area contributed by atoms with Crippen LogP contribution in [0.25, 0.3) is 0 Å². The first-order valence-electron chi connectivity index (χ1n) is 15.2. The van der Waals surface area contributed by atoms with Gasteiger partial charge in [0.05, 0.1) is 37.0 Å². The Labute approximate surface area is 252 Å². The van der Waals surface area contributed by atoms with E-state index in [1.54, 1.807) is 0 Å². The van der Waals surface area contributed by atoms with Crippen LogP contribution in [0.3, 0.4) is 0 Å². The minimum atomic E-state index is -1.03. The van der Waals surface area contributed by atoms with Gasteiger partial charge in [0.15, 0.2) is 5.83 Å². The smallest absolute Gasteiger partial charge is 0.318 e. The van der Waals surface area contributed by atoms with Gasteiger partial charge in [-0.3, -0.25) is 4.79 Å². The molecule has 43 heavy (non-hydrogen) atoms. The largest absolute Gasteiger partial charge is 0.462 e. The molecule has 2 aromatic heterocycles. The lowest BCUT2D eigenvalue weighted by Gasteiger charge is -2.41. The van der Waals surface area contributed by atoms with Gasteiger partial charge >= 0.3 is 6.01 Å². The van der Waals surface area contributed by atoms with Gasteiger partial charge in [0.1, 0.15) is 24.1 Å². The highest BCUT2D eigenvalue weighted by atomic mass is 19.1. The van der Waals surface area contributed by atoms with E-state index in [4.69, 9.17) is 14.7 Å². The summed E-state index contributed by atoms with van der Waals surface area (Å²) in [5.41, 5.74) is 2.44. The zero-order chi connectivity index (χ0) is 30.5. The van der Waals surface area contributed by atoms with Crippen molar-refractivity contribution in [3.05, 3.63) is 47.3 Å². The SMILES string of the molecule is C=C(F)C(=O)N1CCN(c2nc(OC[C@@H]3CCCN3C)nc3c2CCCN(c2cc(CCC)c(F)cn2)C3)C[C@@H]1CC#N.